The Morgan fingerprint density at radius 2 is 1.12 bits per heavy atom. The van der Waals surface area contributed by atoms with Crippen molar-refractivity contribution in [1.82, 2.24) is 9.47 Å². The van der Waals surface area contributed by atoms with Crippen molar-refractivity contribution in [2.45, 2.75) is 38.1 Å². The van der Waals surface area contributed by atoms with Gasteiger partial charge in [-0.05, 0) is 65.4 Å². The fourth-order valence-electron chi connectivity index (χ4n) is 7.25. The van der Waals surface area contributed by atoms with Gasteiger partial charge in [0.05, 0.1) is 22.2 Å². The number of fused-ring (bicyclic) bond motifs is 3. The second-order valence-corrected chi connectivity index (χ2v) is 30.8. The van der Waals surface area contributed by atoms with Gasteiger partial charge >= 0.3 is 53.1 Å². The SMILES string of the molecule is O=C1C(c2ccc(/C=C/c3ccccc3)cc2)=C(c2ccc3c(c2)c2ccccc2n3-c2ccccc2)C(=O)N1C1CCCCC1.[CH2]=[V]([I])[I]. The number of carbonyl (C=O) groups excluding carboxylic acids is 2. The quantitative estimate of drug-likeness (QED) is 0.0949. The molecule has 249 valence electrons. The van der Waals surface area contributed by atoms with Gasteiger partial charge < -0.3 is 4.57 Å². The van der Waals surface area contributed by atoms with E-state index in [1.165, 1.54) is 0 Å². The zero-order valence-electron chi connectivity index (χ0n) is 27.5. The first kappa shape index (κ1) is 34.9. The van der Waals surface area contributed by atoms with Crippen molar-refractivity contribution in [1.29, 1.82) is 0 Å². The van der Waals surface area contributed by atoms with Crippen LogP contribution in [0.5, 0.6) is 0 Å². The Morgan fingerprint density at radius 3 is 1.78 bits per heavy atom. The van der Waals surface area contributed by atoms with E-state index in [0.29, 0.717) is 11.1 Å². The molecular weight excluding hydrogens is 881 g/mol. The molecule has 0 N–H and O–H groups in total. The van der Waals surface area contributed by atoms with Crippen LogP contribution in [0.2, 0.25) is 0 Å². The topological polar surface area (TPSA) is 42.3 Å². The molecule has 0 spiro atoms. The third-order valence-electron chi connectivity index (χ3n) is 9.50. The number of hydrogen-bond donors (Lipinski definition) is 0. The van der Waals surface area contributed by atoms with Gasteiger partial charge in [0.15, 0.2) is 0 Å². The van der Waals surface area contributed by atoms with Gasteiger partial charge in [-0.25, -0.2) is 0 Å². The molecule has 1 saturated carbocycles. The predicted molar refractivity (Wildman–Crippen MR) is 223 cm³/mol. The Kier molecular flexibility index (Phi) is 11.0. The van der Waals surface area contributed by atoms with E-state index in [2.05, 4.69) is 123 Å². The molecule has 2 heterocycles. The molecule has 1 aromatic heterocycles. The van der Waals surface area contributed by atoms with E-state index in [0.717, 1.165) is 81.9 Å². The van der Waals surface area contributed by atoms with Crippen molar-refractivity contribution in [3.05, 3.63) is 150 Å². The third kappa shape index (κ3) is 7.26. The first-order valence-corrected chi connectivity index (χ1v) is 26.9. The summed E-state index contributed by atoms with van der Waals surface area (Å²) in [7, 11) is -0.498. The molecule has 0 atom stereocenters. The number of benzene rings is 5. The van der Waals surface area contributed by atoms with Crippen molar-refractivity contribution < 1.29 is 17.5 Å². The Morgan fingerprint density at radius 1 is 0.600 bits per heavy atom. The van der Waals surface area contributed by atoms with Crippen LogP contribution in [0.15, 0.2) is 127 Å². The standard InChI is InChI=1S/C42H34N2O2.CH2.2HI.V/c45-41-39(31-24-22-30(23-25-31)21-20-29-12-4-1-5-13-29)40(42(46)44(41)34-16-8-3-9-17-34)32-26-27-38-36(28-32)35-18-10-11-19-37(35)43(38)33-14-6-2-7-15-33;;;;/h1-2,4-7,10-15,18-28,34H,3,8-9,16-17H2;1H2;2*1H;/q;;;;+2/p-2/b21-20+;;;;. The van der Waals surface area contributed by atoms with Gasteiger partial charge in [-0.15, -0.1) is 0 Å². The number of nitrogens with zero attached hydrogens (tertiary/aromatic N) is 2. The summed E-state index contributed by atoms with van der Waals surface area (Å²) >= 11 is 4.73. The Balaban J connectivity index is 0.000000932. The molecule has 2 aliphatic rings. The molecule has 0 saturated heterocycles. The molecule has 2 amide bonds. The normalized spacial score (nSPS) is 15.3. The number of hydrogen-bond acceptors (Lipinski definition) is 2. The molecule has 7 heteroatoms. The fraction of sp³-hybridized carbons (Fsp3) is 0.140. The van der Waals surface area contributed by atoms with Crippen LogP contribution < -0.4 is 0 Å². The van der Waals surface area contributed by atoms with Gasteiger partial charge in [0, 0.05) is 22.5 Å². The average Bonchev–Trinajstić information content (AvgIpc) is 3.61. The zero-order valence-corrected chi connectivity index (χ0v) is 33.2. The monoisotopic (exact) mass is 917 g/mol. The van der Waals surface area contributed by atoms with Gasteiger partial charge in [-0.3, -0.25) is 14.5 Å². The van der Waals surface area contributed by atoms with E-state index >= 15 is 0 Å². The first-order chi connectivity index (χ1) is 24.4. The number of rotatable bonds is 6. The molecule has 50 heavy (non-hydrogen) atoms. The molecule has 1 fully saturated rings. The van der Waals surface area contributed by atoms with E-state index < -0.39 is 7.89 Å². The summed E-state index contributed by atoms with van der Waals surface area (Å²) in [5.74, 6) is -0.350. The van der Waals surface area contributed by atoms with Crippen molar-refractivity contribution in [3.63, 3.8) is 0 Å². The Hall–Kier alpha value is -3.57. The van der Waals surface area contributed by atoms with E-state index in [-0.39, 0.29) is 17.9 Å². The summed E-state index contributed by atoms with van der Waals surface area (Å²) in [5.41, 5.74) is 7.96. The van der Waals surface area contributed by atoms with Crippen molar-refractivity contribution in [2.75, 3.05) is 0 Å². The maximum atomic E-state index is 14.4. The van der Waals surface area contributed by atoms with Gasteiger partial charge in [-0.2, -0.15) is 0 Å². The molecule has 0 bridgehead atoms. The Labute approximate surface area is 319 Å². The molecule has 5 aromatic carbocycles. The minimum absolute atomic E-state index is 0.0574. The zero-order chi connectivity index (χ0) is 34.6. The third-order valence-corrected chi connectivity index (χ3v) is 9.50. The number of amides is 2. The average molecular weight is 918 g/mol. The predicted octanol–water partition coefficient (Wildman–Crippen LogP) is 11.3. The van der Waals surface area contributed by atoms with Crippen LogP contribution in [0.4, 0.5) is 0 Å². The number of carbonyl (C=O) groups is 2. The number of halogens is 2. The van der Waals surface area contributed by atoms with Crippen molar-refractivity contribution in [3.8, 4) is 5.69 Å². The summed E-state index contributed by atoms with van der Waals surface area (Å²) < 4.78 is 2.27. The molecule has 1 aliphatic carbocycles. The second-order valence-electron chi connectivity index (χ2n) is 12.6. The fourth-order valence-corrected chi connectivity index (χ4v) is 7.25. The summed E-state index contributed by atoms with van der Waals surface area (Å²) in [4.78, 5) is 30.2. The van der Waals surface area contributed by atoms with E-state index in [4.69, 9.17) is 0 Å². The molecule has 1 aliphatic heterocycles. The van der Waals surface area contributed by atoms with Crippen LogP contribution in [0, 0.1) is 0 Å². The summed E-state index contributed by atoms with van der Waals surface area (Å²) in [6, 6.07) is 43.1. The van der Waals surface area contributed by atoms with Gasteiger partial charge in [0.2, 0.25) is 0 Å². The molecular formula is C43H36I2N2O2V. The van der Waals surface area contributed by atoms with Gasteiger partial charge in [0.1, 0.15) is 0 Å². The van der Waals surface area contributed by atoms with Crippen molar-refractivity contribution in [2.24, 2.45) is 0 Å². The molecule has 0 unspecified atom stereocenters. The van der Waals surface area contributed by atoms with E-state index in [1.54, 1.807) is 4.90 Å². The molecule has 0 radical (unpaired) electrons. The molecule has 4 nitrogen and oxygen atoms in total. The minimum atomic E-state index is -0.498. The van der Waals surface area contributed by atoms with Gasteiger partial charge in [-0.1, -0.05) is 128 Å². The van der Waals surface area contributed by atoms with E-state index in [1.807, 2.05) is 66.7 Å². The van der Waals surface area contributed by atoms with E-state index in [9.17, 15) is 9.59 Å². The summed E-state index contributed by atoms with van der Waals surface area (Å²) in [6.45, 7) is 0. The van der Waals surface area contributed by atoms with Crippen LogP contribution >= 0.6 is 40.0 Å². The number of imide groups is 1. The maximum absolute atomic E-state index is 14.4. The van der Waals surface area contributed by atoms with Crippen LogP contribution in [0.25, 0.3) is 50.8 Å². The Bertz CT molecular complexity index is 2270. The second kappa shape index (κ2) is 15.8. The molecule has 6 aromatic rings. The van der Waals surface area contributed by atoms with Crippen LogP contribution in [0.3, 0.4) is 0 Å². The molecule has 8 rings (SSSR count). The van der Waals surface area contributed by atoms with Crippen LogP contribution in [0.1, 0.15) is 54.4 Å². The van der Waals surface area contributed by atoms with Crippen molar-refractivity contribution >= 4 is 102 Å². The van der Waals surface area contributed by atoms with Crippen LogP contribution in [-0.4, -0.2) is 32.6 Å². The summed E-state index contributed by atoms with van der Waals surface area (Å²) in [5, 5.41) is 5.93. The van der Waals surface area contributed by atoms with Gasteiger partial charge in [0.25, 0.3) is 11.8 Å². The van der Waals surface area contributed by atoms with Crippen LogP contribution in [-0.2, 0) is 17.5 Å². The number of aromatic nitrogens is 1. The number of para-hydroxylation sites is 2. The first-order valence-electron chi connectivity index (χ1n) is 16.9. The summed E-state index contributed by atoms with van der Waals surface area (Å²) in [6.07, 6.45) is 9.12.